The minimum absolute atomic E-state index is 0.285. The van der Waals surface area contributed by atoms with Gasteiger partial charge in [-0.05, 0) is 28.1 Å². The molecule has 0 aromatic carbocycles. The van der Waals surface area contributed by atoms with Crippen LogP contribution in [0.25, 0.3) is 0 Å². The Morgan fingerprint density at radius 2 is 2.36 bits per heavy atom. The van der Waals surface area contributed by atoms with Crippen molar-refractivity contribution in [2.24, 2.45) is 0 Å². The number of rotatable bonds is 4. The zero-order valence-corrected chi connectivity index (χ0v) is 8.56. The number of carbonyl (C=O) groups excluding carboxylic acids is 1. The smallest absolute Gasteiger partial charge is 0.332 e. The average molecular weight is 259 g/mol. The monoisotopic (exact) mass is 258 g/mol. The molecule has 1 atom stereocenters. The van der Waals surface area contributed by atoms with E-state index in [1.807, 2.05) is 0 Å². The van der Waals surface area contributed by atoms with E-state index in [-0.39, 0.29) is 5.69 Å². The van der Waals surface area contributed by atoms with Crippen molar-refractivity contribution < 1.29 is 14.7 Å². The van der Waals surface area contributed by atoms with Gasteiger partial charge >= 0.3 is 5.97 Å². The molecule has 6 heteroatoms. The minimum Gasteiger partial charge on any atom is -0.479 e. The summed E-state index contributed by atoms with van der Waals surface area (Å²) in [5.74, 6) is -1.15. The molecule has 0 bridgehead atoms. The molecule has 1 aromatic heterocycles. The minimum atomic E-state index is -1.15. The maximum atomic E-state index is 10.7. The van der Waals surface area contributed by atoms with Crippen molar-refractivity contribution in [1.82, 2.24) is 10.3 Å². The first-order valence-electron chi connectivity index (χ1n) is 3.69. The highest BCUT2D eigenvalue weighted by atomic mass is 79.9. The molecule has 0 aliphatic carbocycles. The normalized spacial score (nSPS) is 11.8. The van der Waals surface area contributed by atoms with Crippen molar-refractivity contribution in [1.29, 1.82) is 0 Å². The Bertz CT molecular complexity index is 339. The summed E-state index contributed by atoms with van der Waals surface area (Å²) < 4.78 is 0.747. The molecule has 14 heavy (non-hydrogen) atoms. The van der Waals surface area contributed by atoms with Crippen LogP contribution in [0.3, 0.4) is 0 Å². The highest BCUT2D eigenvalue weighted by Gasteiger charge is 2.19. The molecule has 1 aromatic rings. The van der Waals surface area contributed by atoms with Gasteiger partial charge in [-0.2, -0.15) is 0 Å². The maximum Gasteiger partial charge on any atom is 0.332 e. The van der Waals surface area contributed by atoms with Crippen molar-refractivity contribution >= 4 is 28.3 Å². The molecule has 0 saturated heterocycles. The molecular formula is C8H7BrN2O3. The van der Waals surface area contributed by atoms with Crippen molar-refractivity contribution in [3.8, 4) is 0 Å². The Hall–Kier alpha value is -1.43. The topological polar surface area (TPSA) is 79.3 Å². The van der Waals surface area contributed by atoms with Crippen LogP contribution in [0.15, 0.2) is 22.8 Å². The first-order chi connectivity index (χ1) is 6.65. The van der Waals surface area contributed by atoms with Crippen molar-refractivity contribution in [3.63, 3.8) is 0 Å². The zero-order valence-electron chi connectivity index (χ0n) is 6.98. The molecule has 0 fully saturated rings. The van der Waals surface area contributed by atoms with Crippen LogP contribution in [-0.4, -0.2) is 22.5 Å². The van der Waals surface area contributed by atoms with Gasteiger partial charge in [0.15, 0.2) is 6.04 Å². The Balaban J connectivity index is 2.93. The Kier molecular flexibility index (Phi) is 3.58. The lowest BCUT2D eigenvalue weighted by atomic mass is 10.2. The number of nitrogens with one attached hydrogen (secondary N) is 1. The Labute approximate surface area is 88.3 Å². The van der Waals surface area contributed by atoms with E-state index in [4.69, 9.17) is 5.11 Å². The predicted octanol–water partition coefficient (Wildman–Crippen LogP) is 0.716. The quantitative estimate of drug-likeness (QED) is 0.780. The van der Waals surface area contributed by atoms with Gasteiger partial charge in [0, 0.05) is 10.7 Å². The Morgan fingerprint density at radius 1 is 1.64 bits per heavy atom. The zero-order chi connectivity index (χ0) is 10.6. The van der Waals surface area contributed by atoms with E-state index in [9.17, 15) is 9.59 Å². The summed E-state index contributed by atoms with van der Waals surface area (Å²) in [7, 11) is 0. The summed E-state index contributed by atoms with van der Waals surface area (Å²) in [4.78, 5) is 24.7. The lowest BCUT2D eigenvalue weighted by Gasteiger charge is -2.09. The van der Waals surface area contributed by atoms with Gasteiger partial charge in [-0.15, -0.1) is 0 Å². The van der Waals surface area contributed by atoms with Crippen LogP contribution in [-0.2, 0) is 9.59 Å². The molecule has 5 nitrogen and oxygen atoms in total. The summed E-state index contributed by atoms with van der Waals surface area (Å²) in [6.45, 7) is 0. The summed E-state index contributed by atoms with van der Waals surface area (Å²) in [5, 5.41) is 10.9. The lowest BCUT2D eigenvalue weighted by molar-refractivity contribution is -0.140. The van der Waals surface area contributed by atoms with Crippen molar-refractivity contribution in [2.75, 3.05) is 0 Å². The van der Waals surface area contributed by atoms with Crippen LogP contribution >= 0.6 is 15.9 Å². The number of carboxylic acid groups (broad SMARTS) is 1. The van der Waals surface area contributed by atoms with Gasteiger partial charge in [-0.1, -0.05) is 0 Å². The van der Waals surface area contributed by atoms with E-state index in [1.165, 1.54) is 12.3 Å². The van der Waals surface area contributed by atoms with E-state index in [2.05, 4.69) is 26.2 Å². The van der Waals surface area contributed by atoms with Crippen LogP contribution in [0.4, 0.5) is 0 Å². The van der Waals surface area contributed by atoms with E-state index < -0.39 is 12.0 Å². The second kappa shape index (κ2) is 4.71. The molecule has 74 valence electrons. The second-order valence-corrected chi connectivity index (χ2v) is 3.37. The van der Waals surface area contributed by atoms with E-state index in [0.29, 0.717) is 6.41 Å². The number of hydrogen-bond donors (Lipinski definition) is 2. The number of pyridine rings is 1. The largest absolute Gasteiger partial charge is 0.479 e. The SMILES string of the molecule is O=CNC(C(=O)O)c1ccc(Br)cn1. The van der Waals surface area contributed by atoms with E-state index in [0.717, 1.165) is 4.47 Å². The van der Waals surface area contributed by atoms with Crippen LogP contribution in [0.5, 0.6) is 0 Å². The van der Waals surface area contributed by atoms with E-state index >= 15 is 0 Å². The number of halogens is 1. The number of aliphatic carboxylic acids is 1. The third-order valence-corrected chi connectivity index (χ3v) is 2.00. The molecular weight excluding hydrogens is 252 g/mol. The Morgan fingerprint density at radius 3 is 2.79 bits per heavy atom. The summed E-state index contributed by atoms with van der Waals surface area (Å²) in [5.41, 5.74) is 0.285. The number of nitrogens with zero attached hydrogens (tertiary/aromatic N) is 1. The highest BCUT2D eigenvalue weighted by molar-refractivity contribution is 9.10. The molecule has 1 heterocycles. The molecule has 1 rings (SSSR count). The number of hydrogen-bond acceptors (Lipinski definition) is 3. The molecule has 0 saturated carbocycles. The van der Waals surface area contributed by atoms with Crippen LogP contribution < -0.4 is 5.32 Å². The maximum absolute atomic E-state index is 10.7. The first kappa shape index (κ1) is 10.6. The van der Waals surface area contributed by atoms with Crippen LogP contribution in [0.2, 0.25) is 0 Å². The van der Waals surface area contributed by atoms with Gasteiger partial charge in [0.2, 0.25) is 6.41 Å². The number of carbonyl (C=O) groups is 2. The van der Waals surface area contributed by atoms with E-state index in [1.54, 1.807) is 6.07 Å². The molecule has 0 aliphatic rings. The van der Waals surface area contributed by atoms with Gasteiger partial charge in [-0.3, -0.25) is 9.78 Å². The van der Waals surface area contributed by atoms with Gasteiger partial charge in [0.25, 0.3) is 0 Å². The fraction of sp³-hybridized carbons (Fsp3) is 0.125. The van der Waals surface area contributed by atoms with Gasteiger partial charge in [-0.25, -0.2) is 4.79 Å². The summed E-state index contributed by atoms with van der Waals surface area (Å²) in [6.07, 6.45) is 1.81. The predicted molar refractivity (Wildman–Crippen MR) is 51.5 cm³/mol. The highest BCUT2D eigenvalue weighted by Crippen LogP contribution is 2.13. The standard InChI is InChI=1S/C8H7BrN2O3/c9-5-1-2-6(10-3-5)7(8(13)14)11-4-12/h1-4,7H,(H,11,12)(H,13,14). The average Bonchev–Trinajstić information content (AvgIpc) is 2.15. The van der Waals surface area contributed by atoms with Crippen LogP contribution in [0, 0.1) is 0 Å². The molecule has 1 unspecified atom stereocenters. The summed E-state index contributed by atoms with van der Waals surface area (Å²) in [6, 6.07) is 2.09. The van der Waals surface area contributed by atoms with Gasteiger partial charge in [0.05, 0.1) is 5.69 Å². The lowest BCUT2D eigenvalue weighted by Crippen LogP contribution is -2.27. The fourth-order valence-electron chi connectivity index (χ4n) is 0.909. The molecule has 2 N–H and O–H groups in total. The number of carboxylic acids is 1. The molecule has 0 spiro atoms. The van der Waals surface area contributed by atoms with Crippen molar-refractivity contribution in [3.05, 3.63) is 28.5 Å². The number of amides is 1. The third kappa shape index (κ3) is 2.53. The molecule has 0 radical (unpaired) electrons. The molecule has 0 aliphatic heterocycles. The number of aromatic nitrogens is 1. The van der Waals surface area contributed by atoms with Gasteiger partial charge in [0.1, 0.15) is 0 Å². The van der Waals surface area contributed by atoms with Crippen molar-refractivity contribution in [2.45, 2.75) is 6.04 Å². The summed E-state index contributed by atoms with van der Waals surface area (Å²) >= 11 is 3.17. The second-order valence-electron chi connectivity index (χ2n) is 2.46. The van der Waals surface area contributed by atoms with Gasteiger partial charge < -0.3 is 10.4 Å². The first-order valence-corrected chi connectivity index (χ1v) is 4.48. The fourth-order valence-corrected chi connectivity index (χ4v) is 1.14. The third-order valence-electron chi connectivity index (χ3n) is 1.53. The van der Waals surface area contributed by atoms with Crippen LogP contribution in [0.1, 0.15) is 11.7 Å². The molecule has 1 amide bonds.